The second-order valence-electron chi connectivity index (χ2n) is 3.30. The molecule has 1 rings (SSSR count). The molecule has 0 saturated heterocycles. The molecule has 0 fully saturated rings. The molecule has 4 heteroatoms. The van der Waals surface area contributed by atoms with Crippen molar-refractivity contribution < 1.29 is 7.49 Å². The first-order chi connectivity index (χ1) is 6.66. The van der Waals surface area contributed by atoms with Crippen molar-refractivity contribution in [2.45, 2.75) is 30.7 Å². The quantitative estimate of drug-likeness (QED) is 0.847. The van der Waals surface area contributed by atoms with Crippen molar-refractivity contribution in [1.29, 1.82) is 0 Å². The van der Waals surface area contributed by atoms with Crippen molar-refractivity contribution >= 4 is 21.6 Å². The van der Waals surface area contributed by atoms with Gasteiger partial charge in [0.1, 0.15) is 0 Å². The monoisotopic (exact) mass is 303 g/mol. The second-order valence-corrected chi connectivity index (χ2v) is 7.27. The van der Waals surface area contributed by atoms with Gasteiger partial charge >= 0.3 is 95.8 Å². The topological polar surface area (TPSA) is 48.4 Å². The zero-order chi connectivity index (χ0) is 10.6. The Hall–Kier alpha value is -0.00130. The van der Waals surface area contributed by atoms with Gasteiger partial charge in [0.2, 0.25) is 0 Å². The second kappa shape index (κ2) is 5.78. The summed E-state index contributed by atoms with van der Waals surface area (Å²) in [6.45, 7) is 7.00. The van der Waals surface area contributed by atoms with Gasteiger partial charge in [-0.3, -0.25) is 0 Å². The molecule has 2 radical (unpaired) electrons. The Bertz CT molecular complexity index is 273. The number of hydrogen-bond donors (Lipinski definition) is 1. The molecule has 2 unspecified atom stereocenters. The predicted octanol–water partition coefficient (Wildman–Crippen LogP) is 2.02. The van der Waals surface area contributed by atoms with Gasteiger partial charge in [0.25, 0.3) is 0 Å². The zero-order valence-corrected chi connectivity index (χ0v) is 11.8. The molecule has 0 saturated carbocycles. The third-order valence-electron chi connectivity index (χ3n) is 2.01. The Morgan fingerprint density at radius 3 is 2.86 bits per heavy atom. The molecule has 14 heavy (non-hydrogen) atoms. The van der Waals surface area contributed by atoms with Crippen LogP contribution in [0.15, 0.2) is 16.7 Å². The van der Waals surface area contributed by atoms with E-state index in [9.17, 15) is 0 Å². The SMILES string of the molecule is CC[O][Sn][CH](C)c1ccoc1C(C)N. The van der Waals surface area contributed by atoms with Crippen molar-refractivity contribution in [3.8, 4) is 0 Å². The van der Waals surface area contributed by atoms with Crippen molar-refractivity contribution in [2.24, 2.45) is 5.73 Å². The van der Waals surface area contributed by atoms with E-state index in [0.29, 0.717) is 3.93 Å². The van der Waals surface area contributed by atoms with Crippen LogP contribution in [-0.4, -0.2) is 28.2 Å². The molecule has 0 amide bonds. The summed E-state index contributed by atoms with van der Waals surface area (Å²) < 4.78 is 11.4. The summed E-state index contributed by atoms with van der Waals surface area (Å²) in [5, 5.41) is 0. The molecule has 0 aliphatic rings. The molecule has 0 aliphatic heterocycles. The zero-order valence-electron chi connectivity index (χ0n) is 8.91. The van der Waals surface area contributed by atoms with Gasteiger partial charge < -0.3 is 0 Å². The first kappa shape index (κ1) is 12.1. The van der Waals surface area contributed by atoms with E-state index >= 15 is 0 Å². The summed E-state index contributed by atoms with van der Waals surface area (Å²) >= 11 is -0.776. The van der Waals surface area contributed by atoms with Gasteiger partial charge in [0, 0.05) is 0 Å². The fourth-order valence-electron chi connectivity index (χ4n) is 1.33. The molecular weight excluding hydrogens is 285 g/mol. The third-order valence-corrected chi connectivity index (χ3v) is 5.21. The average molecular weight is 302 g/mol. The van der Waals surface area contributed by atoms with Crippen LogP contribution in [0, 0.1) is 0 Å². The van der Waals surface area contributed by atoms with Crippen LogP contribution in [0.25, 0.3) is 0 Å². The first-order valence-corrected chi connectivity index (χ1v) is 7.68. The van der Waals surface area contributed by atoms with Gasteiger partial charge in [-0.05, 0) is 0 Å². The van der Waals surface area contributed by atoms with Gasteiger partial charge in [0.15, 0.2) is 0 Å². The van der Waals surface area contributed by atoms with E-state index in [-0.39, 0.29) is 6.04 Å². The summed E-state index contributed by atoms with van der Waals surface area (Å²) in [5.41, 5.74) is 7.05. The summed E-state index contributed by atoms with van der Waals surface area (Å²) in [7, 11) is 0. The van der Waals surface area contributed by atoms with E-state index < -0.39 is 21.6 Å². The third kappa shape index (κ3) is 3.00. The van der Waals surface area contributed by atoms with Crippen LogP contribution in [0.2, 0.25) is 0 Å². The van der Waals surface area contributed by atoms with Crippen LogP contribution in [0.4, 0.5) is 0 Å². The molecule has 0 aliphatic carbocycles. The maximum atomic E-state index is 5.81. The van der Waals surface area contributed by atoms with Gasteiger partial charge in [-0.2, -0.15) is 0 Å². The Labute approximate surface area is 95.8 Å². The van der Waals surface area contributed by atoms with E-state index in [1.54, 1.807) is 6.26 Å². The van der Waals surface area contributed by atoms with Crippen molar-refractivity contribution in [3.63, 3.8) is 0 Å². The first-order valence-electron chi connectivity index (χ1n) is 4.87. The molecule has 0 aromatic carbocycles. The van der Waals surface area contributed by atoms with Crippen molar-refractivity contribution in [2.75, 3.05) is 6.61 Å². The molecule has 1 heterocycles. The van der Waals surface area contributed by atoms with Crippen molar-refractivity contribution in [3.05, 3.63) is 23.7 Å². The van der Waals surface area contributed by atoms with Crippen LogP contribution in [0.1, 0.15) is 42.1 Å². The van der Waals surface area contributed by atoms with Crippen LogP contribution < -0.4 is 5.73 Å². The maximum absolute atomic E-state index is 5.81. The molecule has 78 valence electrons. The van der Waals surface area contributed by atoms with E-state index in [2.05, 4.69) is 6.92 Å². The molecule has 2 N–H and O–H groups in total. The summed E-state index contributed by atoms with van der Waals surface area (Å²) in [5.74, 6) is 0.915. The van der Waals surface area contributed by atoms with Crippen LogP contribution in [0.3, 0.4) is 0 Å². The van der Waals surface area contributed by atoms with Gasteiger partial charge in [-0.1, -0.05) is 0 Å². The number of nitrogens with two attached hydrogens (primary N) is 1. The Kier molecular flexibility index (Phi) is 4.98. The Morgan fingerprint density at radius 1 is 1.57 bits per heavy atom. The minimum absolute atomic E-state index is 0.0246. The van der Waals surface area contributed by atoms with Crippen LogP contribution in [0.5, 0.6) is 0 Å². The standard InChI is InChI=1S/C8H12NO.C2H5O.Sn/c1-3-7-4-5-10-8(7)6(2)9;1-2-3;/h3-6H,9H2,1-2H3;2H2,1H3;/q;-1;+1. The Morgan fingerprint density at radius 2 is 2.29 bits per heavy atom. The minimum atomic E-state index is -0.776. The molecule has 3 nitrogen and oxygen atoms in total. The van der Waals surface area contributed by atoms with Crippen LogP contribution >= 0.6 is 0 Å². The van der Waals surface area contributed by atoms with E-state index in [1.807, 2.05) is 19.9 Å². The van der Waals surface area contributed by atoms with E-state index in [4.69, 9.17) is 13.2 Å². The number of furan rings is 1. The summed E-state index contributed by atoms with van der Waals surface area (Å²) in [6, 6.07) is 1.99. The molecule has 2 atom stereocenters. The van der Waals surface area contributed by atoms with Crippen molar-refractivity contribution in [1.82, 2.24) is 0 Å². The summed E-state index contributed by atoms with van der Waals surface area (Å²) in [4.78, 5) is 0. The molecule has 0 spiro atoms. The average Bonchev–Trinajstić information content (AvgIpc) is 2.62. The summed E-state index contributed by atoms with van der Waals surface area (Å²) in [6.07, 6.45) is 1.72. The fourth-order valence-corrected chi connectivity index (χ4v) is 3.56. The molecule has 1 aromatic heterocycles. The van der Waals surface area contributed by atoms with E-state index in [1.165, 1.54) is 5.56 Å². The van der Waals surface area contributed by atoms with E-state index in [0.717, 1.165) is 12.4 Å². The molecule has 1 aromatic rings. The van der Waals surface area contributed by atoms with Crippen LogP contribution in [-0.2, 0) is 3.07 Å². The molecule has 0 bridgehead atoms. The normalized spacial score (nSPS) is 15.4. The van der Waals surface area contributed by atoms with Gasteiger partial charge in [-0.15, -0.1) is 0 Å². The Balaban J connectivity index is 2.68. The van der Waals surface area contributed by atoms with Gasteiger partial charge in [0.05, 0.1) is 0 Å². The molecular formula is C10H17NO2Sn. The van der Waals surface area contributed by atoms with Gasteiger partial charge in [-0.25, -0.2) is 0 Å². The number of rotatable bonds is 5. The fraction of sp³-hybridized carbons (Fsp3) is 0.600. The number of hydrogen-bond acceptors (Lipinski definition) is 3. The predicted molar refractivity (Wildman–Crippen MR) is 57.1 cm³/mol.